The van der Waals surface area contributed by atoms with E-state index in [9.17, 15) is 9.59 Å². The zero-order valence-electron chi connectivity index (χ0n) is 22.2. The first-order valence-corrected chi connectivity index (χ1v) is 13.5. The average molecular weight is 540 g/mol. The maximum absolute atomic E-state index is 13.7. The Morgan fingerprint density at radius 2 is 1.64 bits per heavy atom. The van der Waals surface area contributed by atoms with E-state index in [2.05, 4.69) is 15.6 Å². The summed E-state index contributed by atoms with van der Waals surface area (Å²) in [5.74, 6) is 1.01. The molecular weight excluding hydrogens is 510 g/mol. The van der Waals surface area contributed by atoms with E-state index in [0.717, 1.165) is 16.7 Å². The number of amides is 1. The Balaban J connectivity index is 1.45. The zero-order chi connectivity index (χ0) is 27.5. The van der Waals surface area contributed by atoms with Crippen molar-refractivity contribution in [1.82, 2.24) is 14.8 Å². The van der Waals surface area contributed by atoms with Crippen LogP contribution in [0.2, 0.25) is 0 Å². The van der Waals surface area contributed by atoms with E-state index < -0.39 is 6.04 Å². The molecule has 1 aliphatic rings. The fourth-order valence-corrected chi connectivity index (χ4v) is 5.16. The maximum atomic E-state index is 13.7. The smallest absolute Gasteiger partial charge is 0.255 e. The SMILES string of the molecule is COc1ccccc1NC(=O)C1=C(C)Nc2nc(SCC(=O)c3ccc(C)cc3)nn2[C@@H]1c1ccc(C)cc1. The number of hydrogen-bond acceptors (Lipinski definition) is 7. The van der Waals surface area contributed by atoms with Gasteiger partial charge in [0, 0.05) is 11.3 Å². The van der Waals surface area contributed by atoms with Crippen LogP contribution >= 0.6 is 11.8 Å². The van der Waals surface area contributed by atoms with Crippen molar-refractivity contribution in [1.29, 1.82) is 0 Å². The standard InChI is InChI=1S/C30H29N5O3S/c1-18-9-13-21(14-10-18)24(36)17-39-30-33-29-31-20(3)26(28(37)32-23-7-5-6-8-25(23)38-4)27(35(29)34-30)22-15-11-19(2)12-16-22/h5-16,27H,17H2,1-4H3,(H,32,37)(H,31,33,34)/t27-/m1/s1. The minimum Gasteiger partial charge on any atom is -0.495 e. The van der Waals surface area contributed by atoms with Crippen molar-refractivity contribution >= 4 is 35.1 Å². The minimum absolute atomic E-state index is 0.00185. The number of anilines is 2. The molecule has 0 spiro atoms. The summed E-state index contributed by atoms with van der Waals surface area (Å²) in [6, 6.07) is 22.3. The van der Waals surface area contributed by atoms with E-state index >= 15 is 0 Å². The average Bonchev–Trinajstić information content (AvgIpc) is 3.34. The van der Waals surface area contributed by atoms with E-state index in [1.807, 2.05) is 81.4 Å². The second kappa shape index (κ2) is 11.2. The van der Waals surface area contributed by atoms with Gasteiger partial charge in [-0.3, -0.25) is 9.59 Å². The predicted octanol–water partition coefficient (Wildman–Crippen LogP) is 5.81. The van der Waals surface area contributed by atoms with Crippen LogP contribution in [-0.4, -0.2) is 39.3 Å². The summed E-state index contributed by atoms with van der Waals surface area (Å²) in [5, 5.41) is 11.4. The lowest BCUT2D eigenvalue weighted by molar-refractivity contribution is -0.113. The van der Waals surface area contributed by atoms with Gasteiger partial charge < -0.3 is 15.4 Å². The highest BCUT2D eigenvalue weighted by atomic mass is 32.2. The highest BCUT2D eigenvalue weighted by molar-refractivity contribution is 7.99. The second-order valence-electron chi connectivity index (χ2n) is 9.37. The van der Waals surface area contributed by atoms with Gasteiger partial charge in [0.1, 0.15) is 11.8 Å². The maximum Gasteiger partial charge on any atom is 0.255 e. The molecule has 0 radical (unpaired) electrons. The number of fused-ring (bicyclic) bond motifs is 1. The van der Waals surface area contributed by atoms with Crippen LogP contribution in [0.4, 0.5) is 11.6 Å². The van der Waals surface area contributed by atoms with Crippen LogP contribution in [0.15, 0.2) is 89.2 Å². The highest BCUT2D eigenvalue weighted by Gasteiger charge is 2.34. The summed E-state index contributed by atoms with van der Waals surface area (Å²) >= 11 is 1.27. The van der Waals surface area contributed by atoms with E-state index in [4.69, 9.17) is 9.84 Å². The first-order valence-electron chi connectivity index (χ1n) is 12.5. The number of hydrogen-bond donors (Lipinski definition) is 2. The largest absolute Gasteiger partial charge is 0.495 e. The number of nitrogens with zero attached hydrogens (tertiary/aromatic N) is 3. The normalized spacial score (nSPS) is 14.4. The molecule has 198 valence electrons. The topological polar surface area (TPSA) is 98.1 Å². The van der Waals surface area contributed by atoms with E-state index in [1.54, 1.807) is 23.9 Å². The van der Waals surface area contributed by atoms with Gasteiger partial charge in [0.15, 0.2) is 5.78 Å². The van der Waals surface area contributed by atoms with Gasteiger partial charge >= 0.3 is 0 Å². The van der Waals surface area contributed by atoms with Crippen LogP contribution < -0.4 is 15.4 Å². The Bertz CT molecular complexity index is 1560. The molecule has 0 unspecified atom stereocenters. The van der Waals surface area contributed by atoms with Crippen LogP contribution in [-0.2, 0) is 4.79 Å². The van der Waals surface area contributed by atoms with Crippen LogP contribution in [0.5, 0.6) is 5.75 Å². The number of aryl methyl sites for hydroxylation is 2. The first kappa shape index (κ1) is 26.2. The van der Waals surface area contributed by atoms with Crippen LogP contribution in [0, 0.1) is 13.8 Å². The minimum atomic E-state index is -0.522. The number of para-hydroxylation sites is 2. The Labute approximate surface area is 231 Å². The molecule has 0 saturated carbocycles. The van der Waals surface area contributed by atoms with Crippen molar-refractivity contribution in [2.75, 3.05) is 23.5 Å². The molecule has 1 amide bonds. The number of ketones is 1. The van der Waals surface area contributed by atoms with Crippen molar-refractivity contribution in [3.05, 3.63) is 106 Å². The molecule has 3 aromatic carbocycles. The number of methoxy groups -OCH3 is 1. The Kier molecular flexibility index (Phi) is 7.51. The quantitative estimate of drug-likeness (QED) is 0.216. The number of aromatic nitrogens is 3. The van der Waals surface area contributed by atoms with Crippen LogP contribution in [0.3, 0.4) is 0 Å². The third-order valence-corrected chi connectivity index (χ3v) is 7.37. The number of carbonyl (C=O) groups is 2. The molecule has 9 heteroatoms. The number of nitrogens with one attached hydrogen (secondary N) is 2. The number of benzene rings is 3. The second-order valence-corrected chi connectivity index (χ2v) is 10.3. The number of allylic oxidation sites excluding steroid dienone is 1. The third-order valence-electron chi connectivity index (χ3n) is 6.53. The molecule has 1 aliphatic heterocycles. The van der Waals surface area contributed by atoms with Gasteiger partial charge in [-0.1, -0.05) is 83.6 Å². The molecule has 1 atom stereocenters. The van der Waals surface area contributed by atoms with Gasteiger partial charge in [0.2, 0.25) is 11.1 Å². The van der Waals surface area contributed by atoms with Crippen molar-refractivity contribution in [2.45, 2.75) is 32.0 Å². The van der Waals surface area contributed by atoms with E-state index in [0.29, 0.717) is 39.4 Å². The summed E-state index contributed by atoms with van der Waals surface area (Å²) in [4.78, 5) is 31.1. The lowest BCUT2D eigenvalue weighted by Gasteiger charge is -2.29. The molecule has 2 N–H and O–H groups in total. The summed E-state index contributed by atoms with van der Waals surface area (Å²) < 4.78 is 7.14. The fourth-order valence-electron chi connectivity index (χ4n) is 4.43. The van der Waals surface area contributed by atoms with Gasteiger partial charge in [-0.25, -0.2) is 4.68 Å². The molecular formula is C30H29N5O3S. The molecule has 0 bridgehead atoms. The summed E-state index contributed by atoms with van der Waals surface area (Å²) in [6.45, 7) is 5.86. The van der Waals surface area contributed by atoms with Crippen molar-refractivity contribution in [3.8, 4) is 5.75 Å². The summed E-state index contributed by atoms with van der Waals surface area (Å²) in [5.41, 5.74) is 5.51. The van der Waals surface area contributed by atoms with Crippen molar-refractivity contribution < 1.29 is 14.3 Å². The predicted molar refractivity (Wildman–Crippen MR) is 154 cm³/mol. The van der Waals surface area contributed by atoms with Gasteiger partial charge in [0.05, 0.1) is 24.1 Å². The summed E-state index contributed by atoms with van der Waals surface area (Å²) in [6.07, 6.45) is 0. The number of rotatable bonds is 8. The molecule has 0 saturated heterocycles. The Morgan fingerprint density at radius 3 is 2.33 bits per heavy atom. The number of ether oxygens (including phenoxy) is 1. The van der Waals surface area contributed by atoms with Gasteiger partial charge in [0.25, 0.3) is 5.91 Å². The molecule has 2 heterocycles. The van der Waals surface area contributed by atoms with Crippen molar-refractivity contribution in [3.63, 3.8) is 0 Å². The number of Topliss-reactive ketones (excluding diaryl/α,β-unsaturated/α-hetero) is 1. The first-order chi connectivity index (χ1) is 18.8. The Morgan fingerprint density at radius 1 is 0.974 bits per heavy atom. The number of carbonyl (C=O) groups excluding carboxylic acids is 2. The van der Waals surface area contributed by atoms with Gasteiger partial charge in [-0.05, 0) is 38.5 Å². The third kappa shape index (κ3) is 5.58. The van der Waals surface area contributed by atoms with E-state index in [-0.39, 0.29) is 17.4 Å². The monoisotopic (exact) mass is 539 g/mol. The molecule has 0 fully saturated rings. The molecule has 0 aliphatic carbocycles. The fraction of sp³-hybridized carbons (Fsp3) is 0.200. The lowest BCUT2D eigenvalue weighted by Crippen LogP contribution is -2.31. The Hall–Kier alpha value is -4.37. The highest BCUT2D eigenvalue weighted by Crippen LogP contribution is 2.37. The molecule has 1 aromatic heterocycles. The number of thioether (sulfide) groups is 1. The van der Waals surface area contributed by atoms with Crippen LogP contribution in [0.25, 0.3) is 0 Å². The van der Waals surface area contributed by atoms with Gasteiger partial charge in [-0.15, -0.1) is 5.10 Å². The molecule has 5 rings (SSSR count). The van der Waals surface area contributed by atoms with E-state index in [1.165, 1.54) is 11.8 Å². The zero-order valence-corrected chi connectivity index (χ0v) is 23.0. The van der Waals surface area contributed by atoms with Gasteiger partial charge in [-0.2, -0.15) is 4.98 Å². The molecule has 8 nitrogen and oxygen atoms in total. The van der Waals surface area contributed by atoms with Crippen molar-refractivity contribution in [2.24, 2.45) is 0 Å². The summed E-state index contributed by atoms with van der Waals surface area (Å²) in [7, 11) is 1.57. The molecule has 39 heavy (non-hydrogen) atoms. The lowest BCUT2D eigenvalue weighted by atomic mass is 9.94. The van der Waals surface area contributed by atoms with Crippen LogP contribution in [0.1, 0.15) is 40.0 Å². The molecule has 4 aromatic rings.